The van der Waals surface area contributed by atoms with Gasteiger partial charge < -0.3 is 19.3 Å². The molecule has 1 rings (SSSR count). The molecule has 1 heterocycles. The highest BCUT2D eigenvalue weighted by molar-refractivity contribution is 5.44. The fourth-order valence-electron chi connectivity index (χ4n) is 1.10. The van der Waals surface area contributed by atoms with Crippen molar-refractivity contribution in [1.29, 1.82) is 0 Å². The minimum atomic E-state index is -0.541. The highest BCUT2D eigenvalue weighted by atomic mass is 16.5. The Morgan fingerprint density at radius 2 is 2.33 bits per heavy atom. The zero-order valence-corrected chi connectivity index (χ0v) is 8.47. The second kappa shape index (κ2) is 5.38. The van der Waals surface area contributed by atoms with E-state index in [1.54, 1.807) is 7.11 Å². The maximum atomic E-state index is 11.4. The lowest BCUT2D eigenvalue weighted by atomic mass is 10.3. The lowest BCUT2D eigenvalue weighted by Crippen LogP contribution is -2.35. The van der Waals surface area contributed by atoms with Gasteiger partial charge in [0.25, 0.3) is 5.43 Å². The molecule has 0 saturated heterocycles. The molecule has 0 aliphatic heterocycles. The first-order valence-corrected chi connectivity index (χ1v) is 4.47. The van der Waals surface area contributed by atoms with Gasteiger partial charge in [0.05, 0.1) is 0 Å². The van der Waals surface area contributed by atoms with Crippen LogP contribution in [-0.2, 0) is 4.74 Å². The normalized spacial score (nSPS) is 10.3. The van der Waals surface area contributed by atoms with Crippen LogP contribution in [0.5, 0.6) is 5.75 Å². The topological polar surface area (TPSA) is 88.9 Å². The molecular formula is C9H14N2O4. The zero-order chi connectivity index (χ0) is 11.3. The summed E-state index contributed by atoms with van der Waals surface area (Å²) in [5.74, 6) is 5.16. The number of nitrogens with two attached hydrogens (primary N) is 1. The van der Waals surface area contributed by atoms with E-state index < -0.39 is 11.2 Å². The van der Waals surface area contributed by atoms with E-state index in [0.717, 1.165) is 6.26 Å². The monoisotopic (exact) mass is 214 g/mol. The van der Waals surface area contributed by atoms with Crippen LogP contribution < -0.4 is 16.3 Å². The van der Waals surface area contributed by atoms with Crippen LogP contribution in [0, 0.1) is 0 Å². The fourth-order valence-corrected chi connectivity index (χ4v) is 1.10. The van der Waals surface area contributed by atoms with Gasteiger partial charge in [-0.25, -0.2) is 5.84 Å². The number of rotatable bonds is 5. The predicted octanol–water partition coefficient (Wildman–Crippen LogP) is 0.0620. The third kappa shape index (κ3) is 2.97. The number of anilines is 1. The van der Waals surface area contributed by atoms with Gasteiger partial charge in [0.15, 0.2) is 0 Å². The molecule has 0 bridgehead atoms. The van der Waals surface area contributed by atoms with Crippen LogP contribution in [0.25, 0.3) is 0 Å². The van der Waals surface area contributed by atoms with Crippen molar-refractivity contribution in [2.75, 3.05) is 25.3 Å². The fraction of sp³-hybridized carbons (Fsp3) is 0.444. The Balaban J connectivity index is 2.69. The summed E-state index contributed by atoms with van der Waals surface area (Å²) in [6.45, 7) is 1.000. The van der Waals surface area contributed by atoms with Crippen LogP contribution in [-0.4, -0.2) is 25.4 Å². The van der Waals surface area contributed by atoms with Gasteiger partial charge >= 0.3 is 0 Å². The van der Waals surface area contributed by atoms with Gasteiger partial charge in [-0.15, -0.1) is 0 Å². The van der Waals surface area contributed by atoms with Crippen molar-refractivity contribution in [3.8, 4) is 5.75 Å². The molecule has 0 aromatic carbocycles. The molecular weight excluding hydrogens is 200 g/mol. The van der Waals surface area contributed by atoms with Crippen LogP contribution in [0.3, 0.4) is 0 Å². The van der Waals surface area contributed by atoms with Gasteiger partial charge in [0, 0.05) is 20.3 Å². The van der Waals surface area contributed by atoms with Crippen molar-refractivity contribution in [2.45, 2.75) is 6.42 Å². The number of hydrogen-bond acceptors (Lipinski definition) is 6. The first-order chi connectivity index (χ1) is 7.16. The summed E-state index contributed by atoms with van der Waals surface area (Å²) in [5.41, 5.74) is -0.410. The predicted molar refractivity (Wildman–Crippen MR) is 54.7 cm³/mol. The van der Waals surface area contributed by atoms with Crippen molar-refractivity contribution in [2.24, 2.45) is 5.84 Å². The standard InChI is InChI=1S/C9H14N2O4/c1-14-4-2-3-11(10)7-5-15-6-8(12)9(7)13/h5-6,12H,2-4,10H2,1H3. The minimum absolute atomic E-state index is 0.131. The molecule has 3 N–H and O–H groups in total. The first-order valence-electron chi connectivity index (χ1n) is 4.47. The summed E-state index contributed by atoms with van der Waals surface area (Å²) in [7, 11) is 1.59. The van der Waals surface area contributed by atoms with Crippen LogP contribution in [0.4, 0.5) is 5.69 Å². The molecule has 0 aliphatic rings. The van der Waals surface area contributed by atoms with E-state index in [0.29, 0.717) is 19.6 Å². The summed E-state index contributed by atoms with van der Waals surface area (Å²) in [5, 5.41) is 10.3. The lowest BCUT2D eigenvalue weighted by molar-refractivity contribution is 0.196. The molecule has 0 atom stereocenters. The lowest BCUT2D eigenvalue weighted by Gasteiger charge is -2.16. The van der Waals surface area contributed by atoms with E-state index in [2.05, 4.69) is 0 Å². The number of ether oxygens (including phenoxy) is 1. The largest absolute Gasteiger partial charge is 0.502 e. The van der Waals surface area contributed by atoms with Gasteiger partial charge in [-0.3, -0.25) is 4.79 Å². The zero-order valence-electron chi connectivity index (χ0n) is 8.47. The number of methoxy groups -OCH3 is 1. The number of hydrazine groups is 1. The maximum Gasteiger partial charge on any atom is 0.251 e. The Bertz CT molecular complexity index is 363. The molecule has 0 saturated carbocycles. The van der Waals surface area contributed by atoms with E-state index in [9.17, 15) is 4.79 Å². The average Bonchev–Trinajstić information content (AvgIpc) is 2.22. The average molecular weight is 214 g/mol. The second-order valence-electron chi connectivity index (χ2n) is 3.01. The van der Waals surface area contributed by atoms with Gasteiger partial charge in [0.2, 0.25) is 5.75 Å². The third-order valence-corrected chi connectivity index (χ3v) is 1.88. The molecule has 0 aliphatic carbocycles. The van der Waals surface area contributed by atoms with Crippen LogP contribution >= 0.6 is 0 Å². The van der Waals surface area contributed by atoms with Crippen molar-refractivity contribution in [1.82, 2.24) is 0 Å². The molecule has 15 heavy (non-hydrogen) atoms. The van der Waals surface area contributed by atoms with E-state index in [4.69, 9.17) is 20.1 Å². The molecule has 1 aromatic heterocycles. The van der Waals surface area contributed by atoms with Crippen LogP contribution in [0.15, 0.2) is 21.7 Å². The minimum Gasteiger partial charge on any atom is -0.502 e. The molecule has 0 amide bonds. The summed E-state index contributed by atoms with van der Waals surface area (Å²) >= 11 is 0. The SMILES string of the molecule is COCCCN(N)c1cocc(O)c1=O. The number of hydrogen-bond donors (Lipinski definition) is 2. The van der Waals surface area contributed by atoms with E-state index in [1.165, 1.54) is 11.3 Å². The van der Waals surface area contributed by atoms with Gasteiger partial charge in [-0.2, -0.15) is 0 Å². The Morgan fingerprint density at radius 1 is 1.60 bits per heavy atom. The highest BCUT2D eigenvalue weighted by Gasteiger charge is 2.10. The molecule has 84 valence electrons. The van der Waals surface area contributed by atoms with E-state index in [1.807, 2.05) is 0 Å². The first kappa shape index (κ1) is 11.5. The quantitative estimate of drug-likeness (QED) is 0.409. The molecule has 0 radical (unpaired) electrons. The third-order valence-electron chi connectivity index (χ3n) is 1.88. The number of aromatic hydroxyl groups is 1. The smallest absolute Gasteiger partial charge is 0.251 e. The molecule has 6 heteroatoms. The number of nitrogens with zero attached hydrogens (tertiary/aromatic N) is 1. The summed E-state index contributed by atoms with van der Waals surface area (Å²) in [6.07, 6.45) is 2.85. The Hall–Kier alpha value is -1.53. The van der Waals surface area contributed by atoms with Gasteiger partial charge in [-0.05, 0) is 6.42 Å². The van der Waals surface area contributed by atoms with Crippen LogP contribution in [0.1, 0.15) is 6.42 Å². The summed E-state index contributed by atoms with van der Waals surface area (Å²) < 4.78 is 9.59. The second-order valence-corrected chi connectivity index (χ2v) is 3.01. The molecule has 6 nitrogen and oxygen atoms in total. The Morgan fingerprint density at radius 3 is 3.00 bits per heavy atom. The maximum absolute atomic E-state index is 11.4. The van der Waals surface area contributed by atoms with E-state index >= 15 is 0 Å². The molecule has 0 spiro atoms. The molecule has 1 aromatic rings. The molecule has 0 unspecified atom stereocenters. The van der Waals surface area contributed by atoms with E-state index in [-0.39, 0.29) is 5.69 Å². The highest BCUT2D eigenvalue weighted by Crippen LogP contribution is 2.09. The summed E-state index contributed by atoms with van der Waals surface area (Å²) in [4.78, 5) is 11.4. The Kier molecular flexibility index (Phi) is 4.14. The van der Waals surface area contributed by atoms with Crippen LogP contribution in [0.2, 0.25) is 0 Å². The summed E-state index contributed by atoms with van der Waals surface area (Å²) in [6, 6.07) is 0. The van der Waals surface area contributed by atoms with Gasteiger partial charge in [0.1, 0.15) is 18.2 Å². The van der Waals surface area contributed by atoms with Crippen molar-refractivity contribution < 1.29 is 14.3 Å². The Labute approximate surface area is 86.8 Å². The van der Waals surface area contributed by atoms with Gasteiger partial charge in [-0.1, -0.05) is 0 Å². The van der Waals surface area contributed by atoms with Crippen molar-refractivity contribution in [3.63, 3.8) is 0 Å². The molecule has 0 fully saturated rings. The van der Waals surface area contributed by atoms with Crippen molar-refractivity contribution in [3.05, 3.63) is 22.7 Å². The van der Waals surface area contributed by atoms with Crippen molar-refractivity contribution >= 4 is 5.69 Å².